The molecule has 0 fully saturated rings. The van der Waals surface area contributed by atoms with Gasteiger partial charge in [-0.25, -0.2) is 0 Å². The monoisotopic (exact) mass is 354 g/mol. The molecule has 1 heterocycles. The standard InChI is InChI=1S/C19H15ClN2O3/c20-16-5-2-1-4-13(16)12-18(23)21-14-7-9-15(10-8-14)22-19(24)17-6-3-11-25-17/h1-11H,12H2,(H,21,23)(H,22,24). The Morgan fingerprint density at radius 3 is 2.20 bits per heavy atom. The fraction of sp³-hybridized carbons (Fsp3) is 0.0526. The molecule has 0 atom stereocenters. The van der Waals surface area contributed by atoms with Crippen LogP contribution < -0.4 is 10.6 Å². The lowest BCUT2D eigenvalue weighted by Gasteiger charge is -2.08. The zero-order valence-electron chi connectivity index (χ0n) is 13.2. The van der Waals surface area contributed by atoms with Crippen LogP contribution in [0.1, 0.15) is 16.1 Å². The number of nitrogens with one attached hydrogen (secondary N) is 2. The first-order valence-corrected chi connectivity index (χ1v) is 7.98. The minimum Gasteiger partial charge on any atom is -0.459 e. The molecule has 25 heavy (non-hydrogen) atoms. The molecule has 0 radical (unpaired) electrons. The van der Waals surface area contributed by atoms with E-state index < -0.39 is 0 Å². The molecule has 2 N–H and O–H groups in total. The quantitative estimate of drug-likeness (QED) is 0.714. The second kappa shape index (κ2) is 7.68. The molecule has 1 aromatic heterocycles. The summed E-state index contributed by atoms with van der Waals surface area (Å²) in [6.07, 6.45) is 1.63. The summed E-state index contributed by atoms with van der Waals surface area (Å²) in [6.45, 7) is 0. The molecule has 3 rings (SSSR count). The van der Waals surface area contributed by atoms with Gasteiger partial charge in [0.05, 0.1) is 12.7 Å². The van der Waals surface area contributed by atoms with Gasteiger partial charge in [0.25, 0.3) is 5.91 Å². The second-order valence-electron chi connectivity index (χ2n) is 5.33. The summed E-state index contributed by atoms with van der Waals surface area (Å²) in [7, 11) is 0. The first-order valence-electron chi connectivity index (χ1n) is 7.60. The summed E-state index contributed by atoms with van der Waals surface area (Å²) >= 11 is 6.05. The average molecular weight is 355 g/mol. The first-order chi connectivity index (χ1) is 12.1. The van der Waals surface area contributed by atoms with Crippen molar-refractivity contribution in [3.05, 3.63) is 83.3 Å². The normalized spacial score (nSPS) is 10.3. The van der Waals surface area contributed by atoms with Gasteiger partial charge in [0.2, 0.25) is 5.91 Å². The number of halogens is 1. The highest BCUT2D eigenvalue weighted by molar-refractivity contribution is 6.31. The molecule has 3 aromatic rings. The molecule has 0 bridgehead atoms. The molecule has 0 aliphatic rings. The SMILES string of the molecule is O=C(Cc1ccccc1Cl)Nc1ccc(NC(=O)c2ccco2)cc1. The number of hydrogen-bond acceptors (Lipinski definition) is 3. The van der Waals surface area contributed by atoms with Crippen molar-refractivity contribution in [1.29, 1.82) is 0 Å². The number of carbonyl (C=O) groups is 2. The van der Waals surface area contributed by atoms with E-state index in [1.54, 1.807) is 42.5 Å². The van der Waals surface area contributed by atoms with Gasteiger partial charge in [0, 0.05) is 16.4 Å². The Balaban J connectivity index is 1.58. The number of amides is 2. The van der Waals surface area contributed by atoms with Crippen LogP contribution in [0, 0.1) is 0 Å². The van der Waals surface area contributed by atoms with Crippen LogP contribution in [0.25, 0.3) is 0 Å². The summed E-state index contributed by atoms with van der Waals surface area (Å²) in [5, 5.41) is 6.07. The summed E-state index contributed by atoms with van der Waals surface area (Å²) in [5.41, 5.74) is 2.00. The van der Waals surface area contributed by atoms with Gasteiger partial charge in [-0.15, -0.1) is 0 Å². The van der Waals surface area contributed by atoms with E-state index in [1.807, 2.05) is 18.2 Å². The molecule has 0 aliphatic carbocycles. The van der Waals surface area contributed by atoms with Gasteiger partial charge in [-0.2, -0.15) is 0 Å². The van der Waals surface area contributed by atoms with E-state index in [1.165, 1.54) is 6.26 Å². The Hall–Kier alpha value is -3.05. The highest BCUT2D eigenvalue weighted by Crippen LogP contribution is 2.18. The summed E-state index contributed by atoms with van der Waals surface area (Å²) in [5.74, 6) is -0.266. The van der Waals surface area contributed by atoms with E-state index in [4.69, 9.17) is 16.0 Å². The number of hydrogen-bond donors (Lipinski definition) is 2. The largest absolute Gasteiger partial charge is 0.459 e. The predicted octanol–water partition coefficient (Wildman–Crippen LogP) is 4.37. The average Bonchev–Trinajstić information content (AvgIpc) is 3.13. The molecule has 0 saturated heterocycles. The maximum absolute atomic E-state index is 12.1. The fourth-order valence-corrected chi connectivity index (χ4v) is 2.46. The Labute approximate surface area is 149 Å². The van der Waals surface area contributed by atoms with E-state index in [-0.39, 0.29) is 24.0 Å². The van der Waals surface area contributed by atoms with Crippen LogP contribution >= 0.6 is 11.6 Å². The fourth-order valence-electron chi connectivity index (χ4n) is 2.26. The molecule has 0 unspecified atom stereocenters. The zero-order chi connectivity index (χ0) is 17.6. The topological polar surface area (TPSA) is 71.3 Å². The smallest absolute Gasteiger partial charge is 0.291 e. The Morgan fingerprint density at radius 2 is 1.56 bits per heavy atom. The van der Waals surface area contributed by atoms with Gasteiger partial charge >= 0.3 is 0 Å². The van der Waals surface area contributed by atoms with E-state index in [9.17, 15) is 9.59 Å². The Bertz CT molecular complexity index is 874. The van der Waals surface area contributed by atoms with E-state index in [0.717, 1.165) is 5.56 Å². The van der Waals surface area contributed by atoms with Gasteiger partial charge in [0.15, 0.2) is 5.76 Å². The van der Waals surface area contributed by atoms with Crippen LogP contribution in [0.15, 0.2) is 71.3 Å². The Morgan fingerprint density at radius 1 is 0.880 bits per heavy atom. The van der Waals surface area contributed by atoms with Gasteiger partial charge in [-0.1, -0.05) is 29.8 Å². The van der Waals surface area contributed by atoms with Gasteiger partial charge in [-0.05, 0) is 48.0 Å². The van der Waals surface area contributed by atoms with E-state index in [0.29, 0.717) is 16.4 Å². The van der Waals surface area contributed by atoms with Crippen molar-refractivity contribution in [1.82, 2.24) is 0 Å². The lowest BCUT2D eigenvalue weighted by Crippen LogP contribution is -2.15. The third-order valence-corrected chi connectivity index (χ3v) is 3.85. The van der Waals surface area contributed by atoms with Crippen LogP contribution in [-0.4, -0.2) is 11.8 Å². The van der Waals surface area contributed by atoms with Crippen molar-refractivity contribution in [2.24, 2.45) is 0 Å². The number of benzene rings is 2. The lowest BCUT2D eigenvalue weighted by molar-refractivity contribution is -0.115. The van der Waals surface area contributed by atoms with Gasteiger partial charge < -0.3 is 15.1 Å². The number of carbonyl (C=O) groups excluding carboxylic acids is 2. The van der Waals surface area contributed by atoms with Crippen molar-refractivity contribution in [2.45, 2.75) is 6.42 Å². The number of furan rings is 1. The van der Waals surface area contributed by atoms with Gasteiger partial charge in [-0.3, -0.25) is 9.59 Å². The van der Waals surface area contributed by atoms with E-state index >= 15 is 0 Å². The van der Waals surface area contributed by atoms with Crippen LogP contribution in [0.2, 0.25) is 5.02 Å². The predicted molar refractivity (Wildman–Crippen MR) is 96.9 cm³/mol. The minimum absolute atomic E-state index is 0.166. The van der Waals surface area contributed by atoms with E-state index in [2.05, 4.69) is 10.6 Å². The third-order valence-electron chi connectivity index (χ3n) is 3.48. The van der Waals surface area contributed by atoms with Crippen LogP contribution in [-0.2, 0) is 11.2 Å². The van der Waals surface area contributed by atoms with Gasteiger partial charge in [0.1, 0.15) is 0 Å². The van der Waals surface area contributed by atoms with Crippen molar-refractivity contribution in [2.75, 3.05) is 10.6 Å². The molecule has 0 aliphatic heterocycles. The van der Waals surface area contributed by atoms with Crippen molar-refractivity contribution >= 4 is 34.8 Å². The summed E-state index contributed by atoms with van der Waals surface area (Å²) < 4.78 is 5.03. The minimum atomic E-state index is -0.333. The Kier molecular flexibility index (Phi) is 5.16. The highest BCUT2D eigenvalue weighted by atomic mass is 35.5. The second-order valence-corrected chi connectivity index (χ2v) is 5.73. The molecule has 5 nitrogen and oxygen atoms in total. The number of anilines is 2. The molecule has 2 amide bonds. The number of rotatable bonds is 5. The molecule has 126 valence electrons. The third kappa shape index (κ3) is 4.49. The molecule has 2 aromatic carbocycles. The lowest BCUT2D eigenvalue weighted by atomic mass is 10.1. The maximum atomic E-state index is 12.1. The maximum Gasteiger partial charge on any atom is 0.291 e. The van der Waals surface area contributed by atoms with Crippen LogP contribution in [0.3, 0.4) is 0 Å². The van der Waals surface area contributed by atoms with Crippen molar-refractivity contribution in [3.8, 4) is 0 Å². The zero-order valence-corrected chi connectivity index (χ0v) is 13.9. The van der Waals surface area contributed by atoms with Crippen LogP contribution in [0.4, 0.5) is 11.4 Å². The summed E-state index contributed by atoms with van der Waals surface area (Å²) in [4.78, 5) is 24.0. The molecule has 0 saturated carbocycles. The molecular formula is C19H15ClN2O3. The molecule has 6 heteroatoms. The van der Waals surface area contributed by atoms with Crippen molar-refractivity contribution in [3.63, 3.8) is 0 Å². The molecular weight excluding hydrogens is 340 g/mol. The first kappa shape index (κ1) is 16.8. The van der Waals surface area contributed by atoms with Crippen LogP contribution in [0.5, 0.6) is 0 Å². The highest BCUT2D eigenvalue weighted by Gasteiger charge is 2.09. The summed E-state index contributed by atoms with van der Waals surface area (Å²) in [6, 6.07) is 17.3. The van der Waals surface area contributed by atoms with Crippen molar-refractivity contribution < 1.29 is 14.0 Å². The molecule has 0 spiro atoms.